The Morgan fingerprint density at radius 3 is 1.29 bits per heavy atom. The molecule has 0 saturated carbocycles. The number of rotatable bonds is 3. The molecule has 0 heterocycles. The Bertz CT molecular complexity index is 1100. The van der Waals surface area contributed by atoms with Crippen LogP contribution < -0.4 is 9.80 Å². The largest absolute Gasteiger partial charge is 0.507 e. The highest BCUT2D eigenvalue weighted by Gasteiger charge is 2.17. The predicted octanol–water partition coefficient (Wildman–Crippen LogP) is 5.20. The molecular formula is C24H24N2O2. The number of phenolic OH excluding ortho intramolecular Hbond substituents is 2. The molecule has 2 N–H and O–H groups in total. The van der Waals surface area contributed by atoms with Crippen molar-refractivity contribution in [2.24, 2.45) is 0 Å². The summed E-state index contributed by atoms with van der Waals surface area (Å²) in [5.41, 5.74) is 3.48. The molecule has 142 valence electrons. The van der Waals surface area contributed by atoms with E-state index in [2.05, 4.69) is 12.1 Å². The molecule has 28 heavy (non-hydrogen) atoms. The highest BCUT2D eigenvalue weighted by molar-refractivity contribution is 6.10. The summed E-state index contributed by atoms with van der Waals surface area (Å²) >= 11 is 0. The van der Waals surface area contributed by atoms with Crippen molar-refractivity contribution < 1.29 is 10.2 Å². The Balaban J connectivity index is 2.05. The highest BCUT2D eigenvalue weighted by atomic mass is 16.3. The number of fused-ring (bicyclic) bond motifs is 2. The van der Waals surface area contributed by atoms with E-state index in [1.54, 1.807) is 12.1 Å². The van der Waals surface area contributed by atoms with Crippen molar-refractivity contribution in [1.82, 2.24) is 0 Å². The fraction of sp³-hybridized carbons (Fsp3) is 0.167. The van der Waals surface area contributed by atoms with Crippen LogP contribution in [-0.2, 0) is 0 Å². The second kappa shape index (κ2) is 6.64. The number of phenols is 2. The Morgan fingerprint density at radius 1 is 0.536 bits per heavy atom. The molecule has 0 saturated heterocycles. The molecule has 0 bridgehead atoms. The number of hydrogen-bond donors (Lipinski definition) is 2. The zero-order valence-corrected chi connectivity index (χ0v) is 16.6. The Morgan fingerprint density at radius 2 is 0.929 bits per heavy atom. The van der Waals surface area contributed by atoms with Gasteiger partial charge in [0.25, 0.3) is 0 Å². The van der Waals surface area contributed by atoms with Gasteiger partial charge in [-0.15, -0.1) is 0 Å². The average molecular weight is 372 g/mol. The third-order valence-corrected chi connectivity index (χ3v) is 5.25. The fourth-order valence-electron chi connectivity index (χ4n) is 3.69. The summed E-state index contributed by atoms with van der Waals surface area (Å²) in [4.78, 5) is 4.09. The molecule has 0 fully saturated rings. The average Bonchev–Trinajstić information content (AvgIpc) is 2.68. The second-order valence-corrected chi connectivity index (χ2v) is 7.52. The van der Waals surface area contributed by atoms with Gasteiger partial charge in [0.2, 0.25) is 0 Å². The van der Waals surface area contributed by atoms with Gasteiger partial charge in [0.15, 0.2) is 0 Å². The standard InChI is InChI=1S/C24H24N2O2/c1-25(2)17-7-9-19-15(13-17)5-11-21(27)23(19)24-20-10-8-18(26(3)4)14-16(20)6-12-22(24)28/h5-14,27-28H,1-4H3. The van der Waals surface area contributed by atoms with Crippen molar-refractivity contribution in [3.05, 3.63) is 60.7 Å². The number of anilines is 2. The molecule has 0 aromatic heterocycles. The molecule has 0 atom stereocenters. The van der Waals surface area contributed by atoms with E-state index in [-0.39, 0.29) is 11.5 Å². The third kappa shape index (κ3) is 2.87. The maximum absolute atomic E-state index is 10.7. The number of benzene rings is 4. The molecule has 4 aromatic rings. The van der Waals surface area contributed by atoms with Crippen molar-refractivity contribution in [3.8, 4) is 22.6 Å². The first-order valence-electron chi connectivity index (χ1n) is 9.23. The molecule has 4 heteroatoms. The van der Waals surface area contributed by atoms with Crippen LogP contribution in [0.3, 0.4) is 0 Å². The Kier molecular flexibility index (Phi) is 4.27. The third-order valence-electron chi connectivity index (χ3n) is 5.25. The number of hydrogen-bond acceptors (Lipinski definition) is 4. The summed E-state index contributed by atoms with van der Waals surface area (Å²) in [6.45, 7) is 0. The van der Waals surface area contributed by atoms with E-state index in [0.717, 1.165) is 32.9 Å². The minimum Gasteiger partial charge on any atom is -0.507 e. The van der Waals surface area contributed by atoms with Gasteiger partial charge >= 0.3 is 0 Å². The lowest BCUT2D eigenvalue weighted by Gasteiger charge is -2.18. The van der Waals surface area contributed by atoms with Gasteiger partial charge < -0.3 is 20.0 Å². The van der Waals surface area contributed by atoms with Crippen molar-refractivity contribution in [3.63, 3.8) is 0 Å². The summed E-state index contributed by atoms with van der Waals surface area (Å²) in [6.07, 6.45) is 0. The summed E-state index contributed by atoms with van der Waals surface area (Å²) in [7, 11) is 8.01. The number of aromatic hydroxyl groups is 2. The molecule has 0 aliphatic rings. The maximum Gasteiger partial charge on any atom is 0.124 e. The first kappa shape index (κ1) is 18.0. The van der Waals surface area contributed by atoms with Crippen LogP contribution in [0.5, 0.6) is 11.5 Å². The summed E-state index contributed by atoms with van der Waals surface area (Å²) < 4.78 is 0. The van der Waals surface area contributed by atoms with Crippen LogP contribution in [0.4, 0.5) is 11.4 Å². The SMILES string of the molecule is CN(C)c1ccc2c(-c3c(O)ccc4cc(N(C)C)ccc34)c(O)ccc2c1. The smallest absolute Gasteiger partial charge is 0.124 e. The van der Waals surface area contributed by atoms with Gasteiger partial charge in [-0.1, -0.05) is 24.3 Å². The summed E-state index contributed by atoms with van der Waals surface area (Å²) in [5.74, 6) is 0.314. The van der Waals surface area contributed by atoms with Crippen LogP contribution >= 0.6 is 0 Å². The van der Waals surface area contributed by atoms with Crippen molar-refractivity contribution in [1.29, 1.82) is 0 Å². The van der Waals surface area contributed by atoms with Gasteiger partial charge in [-0.25, -0.2) is 0 Å². The van der Waals surface area contributed by atoms with Crippen molar-refractivity contribution in [2.45, 2.75) is 0 Å². The molecule has 0 radical (unpaired) electrons. The van der Waals surface area contributed by atoms with E-state index in [0.29, 0.717) is 11.1 Å². The number of nitrogens with zero attached hydrogens (tertiary/aromatic N) is 2. The maximum atomic E-state index is 10.7. The van der Waals surface area contributed by atoms with Crippen LogP contribution in [0.25, 0.3) is 32.7 Å². The fourth-order valence-corrected chi connectivity index (χ4v) is 3.69. The molecule has 0 amide bonds. The zero-order valence-electron chi connectivity index (χ0n) is 16.6. The van der Waals surface area contributed by atoms with Crippen LogP contribution in [0.1, 0.15) is 0 Å². The quantitative estimate of drug-likeness (QED) is 0.519. The summed E-state index contributed by atoms with van der Waals surface area (Å²) in [6, 6.07) is 19.5. The minimum atomic E-state index is 0.157. The van der Waals surface area contributed by atoms with E-state index in [1.165, 1.54) is 0 Å². The van der Waals surface area contributed by atoms with Crippen LogP contribution in [0.2, 0.25) is 0 Å². The van der Waals surface area contributed by atoms with Crippen molar-refractivity contribution >= 4 is 32.9 Å². The normalized spacial score (nSPS) is 11.1. The monoisotopic (exact) mass is 372 g/mol. The molecule has 4 nitrogen and oxygen atoms in total. The minimum absolute atomic E-state index is 0.157. The van der Waals surface area contributed by atoms with Crippen LogP contribution in [0.15, 0.2) is 60.7 Å². The molecule has 0 spiro atoms. The molecule has 4 aromatic carbocycles. The first-order valence-corrected chi connectivity index (χ1v) is 9.23. The molecule has 0 aliphatic carbocycles. The van der Waals surface area contributed by atoms with Gasteiger partial charge in [0.05, 0.1) is 0 Å². The van der Waals surface area contributed by atoms with E-state index in [4.69, 9.17) is 0 Å². The van der Waals surface area contributed by atoms with Gasteiger partial charge in [0, 0.05) is 50.7 Å². The van der Waals surface area contributed by atoms with Crippen LogP contribution in [-0.4, -0.2) is 38.4 Å². The van der Waals surface area contributed by atoms with Crippen LogP contribution in [0, 0.1) is 0 Å². The van der Waals surface area contributed by atoms with Gasteiger partial charge in [-0.2, -0.15) is 0 Å². The van der Waals surface area contributed by atoms with Crippen molar-refractivity contribution in [2.75, 3.05) is 38.0 Å². The molecular weight excluding hydrogens is 348 g/mol. The van der Waals surface area contributed by atoms with E-state index < -0.39 is 0 Å². The second-order valence-electron chi connectivity index (χ2n) is 7.52. The summed E-state index contributed by atoms with van der Waals surface area (Å²) in [5, 5.41) is 25.3. The van der Waals surface area contributed by atoms with E-state index in [9.17, 15) is 10.2 Å². The van der Waals surface area contributed by atoms with Gasteiger partial charge in [-0.3, -0.25) is 0 Å². The zero-order chi connectivity index (χ0) is 20.0. The topological polar surface area (TPSA) is 46.9 Å². The lowest BCUT2D eigenvalue weighted by atomic mass is 9.92. The Hall–Kier alpha value is -3.40. The first-order chi connectivity index (χ1) is 13.4. The Labute approximate surface area is 164 Å². The van der Waals surface area contributed by atoms with E-state index in [1.807, 2.05) is 74.4 Å². The lowest BCUT2D eigenvalue weighted by Crippen LogP contribution is -2.08. The van der Waals surface area contributed by atoms with Gasteiger partial charge in [-0.05, 0) is 57.9 Å². The lowest BCUT2D eigenvalue weighted by molar-refractivity contribution is 0.470. The van der Waals surface area contributed by atoms with E-state index >= 15 is 0 Å². The molecule has 0 aliphatic heterocycles. The highest BCUT2D eigenvalue weighted by Crippen LogP contribution is 2.45. The van der Waals surface area contributed by atoms with Gasteiger partial charge in [0.1, 0.15) is 11.5 Å². The molecule has 0 unspecified atom stereocenters. The predicted molar refractivity (Wildman–Crippen MR) is 119 cm³/mol. The molecule has 4 rings (SSSR count).